The molecule has 0 radical (unpaired) electrons. The minimum absolute atomic E-state index is 0.0358. The molecular weight excluding hydrogens is 378 g/mol. The molecule has 0 unspecified atom stereocenters. The standard InChI is InChI=1S/C22H28ClNO4/c1-14(2)17-12-20(15(3)10-18(17)23)28-13-22(25)24-9-8-16-6-7-19(26-4)21(11-16)27-5/h6-7,10-12,14H,8-9,13H2,1-5H3,(H,24,25). The number of ether oxygens (including phenoxy) is 3. The van der Waals surface area contributed by atoms with Gasteiger partial charge in [-0.2, -0.15) is 0 Å². The average molecular weight is 406 g/mol. The molecule has 5 nitrogen and oxygen atoms in total. The van der Waals surface area contributed by atoms with Gasteiger partial charge in [-0.1, -0.05) is 31.5 Å². The molecule has 0 aliphatic rings. The van der Waals surface area contributed by atoms with E-state index in [2.05, 4.69) is 19.2 Å². The maximum absolute atomic E-state index is 12.1. The maximum Gasteiger partial charge on any atom is 0.257 e. The Hall–Kier alpha value is -2.40. The fourth-order valence-corrected chi connectivity index (χ4v) is 3.28. The van der Waals surface area contributed by atoms with Gasteiger partial charge in [-0.05, 0) is 60.2 Å². The molecule has 28 heavy (non-hydrogen) atoms. The number of nitrogens with one attached hydrogen (secondary N) is 1. The van der Waals surface area contributed by atoms with Crippen LogP contribution in [-0.4, -0.2) is 33.3 Å². The third-order valence-corrected chi connectivity index (χ3v) is 4.79. The van der Waals surface area contributed by atoms with Gasteiger partial charge >= 0.3 is 0 Å². The van der Waals surface area contributed by atoms with Crippen LogP contribution in [0, 0.1) is 6.92 Å². The highest BCUT2D eigenvalue weighted by molar-refractivity contribution is 6.31. The molecule has 1 amide bonds. The van der Waals surface area contributed by atoms with Gasteiger partial charge in [0.25, 0.3) is 5.91 Å². The van der Waals surface area contributed by atoms with Gasteiger partial charge in [0.15, 0.2) is 18.1 Å². The number of amides is 1. The molecule has 0 aliphatic heterocycles. The van der Waals surface area contributed by atoms with E-state index in [1.807, 2.05) is 37.3 Å². The predicted molar refractivity (Wildman–Crippen MR) is 112 cm³/mol. The molecule has 0 heterocycles. The Morgan fingerprint density at radius 1 is 1.07 bits per heavy atom. The lowest BCUT2D eigenvalue weighted by Gasteiger charge is -2.14. The van der Waals surface area contributed by atoms with Crippen LogP contribution in [0.15, 0.2) is 30.3 Å². The van der Waals surface area contributed by atoms with Crippen molar-refractivity contribution < 1.29 is 19.0 Å². The van der Waals surface area contributed by atoms with E-state index < -0.39 is 0 Å². The molecule has 0 saturated heterocycles. The van der Waals surface area contributed by atoms with E-state index in [1.165, 1.54) is 0 Å². The van der Waals surface area contributed by atoms with Crippen LogP contribution in [0.5, 0.6) is 17.2 Å². The zero-order valence-electron chi connectivity index (χ0n) is 17.1. The van der Waals surface area contributed by atoms with E-state index in [0.717, 1.165) is 21.7 Å². The molecule has 2 aromatic carbocycles. The van der Waals surface area contributed by atoms with Crippen molar-refractivity contribution in [1.29, 1.82) is 0 Å². The van der Waals surface area contributed by atoms with Crippen LogP contribution < -0.4 is 19.5 Å². The highest BCUT2D eigenvalue weighted by Crippen LogP contribution is 2.31. The molecule has 6 heteroatoms. The fourth-order valence-electron chi connectivity index (χ4n) is 2.84. The molecule has 0 atom stereocenters. The number of rotatable bonds is 9. The van der Waals surface area contributed by atoms with Gasteiger partial charge in [0.2, 0.25) is 0 Å². The lowest BCUT2D eigenvalue weighted by molar-refractivity contribution is -0.123. The molecule has 1 N–H and O–H groups in total. The smallest absolute Gasteiger partial charge is 0.257 e. The van der Waals surface area contributed by atoms with Crippen molar-refractivity contribution >= 4 is 17.5 Å². The highest BCUT2D eigenvalue weighted by Gasteiger charge is 2.12. The number of hydrogen-bond acceptors (Lipinski definition) is 4. The normalized spacial score (nSPS) is 10.7. The first-order chi connectivity index (χ1) is 13.3. The van der Waals surface area contributed by atoms with Crippen molar-refractivity contribution in [2.45, 2.75) is 33.1 Å². The number of benzene rings is 2. The zero-order chi connectivity index (χ0) is 20.7. The number of carbonyl (C=O) groups is 1. The van der Waals surface area contributed by atoms with E-state index in [4.69, 9.17) is 25.8 Å². The van der Waals surface area contributed by atoms with Crippen molar-refractivity contribution in [1.82, 2.24) is 5.32 Å². The largest absolute Gasteiger partial charge is 0.493 e. The van der Waals surface area contributed by atoms with E-state index in [1.54, 1.807) is 14.2 Å². The molecule has 0 aromatic heterocycles. The topological polar surface area (TPSA) is 56.8 Å². The monoisotopic (exact) mass is 405 g/mol. The number of methoxy groups -OCH3 is 2. The van der Waals surface area contributed by atoms with Crippen LogP contribution in [-0.2, 0) is 11.2 Å². The molecule has 0 saturated carbocycles. The SMILES string of the molecule is COc1ccc(CCNC(=O)COc2cc(C(C)C)c(Cl)cc2C)cc1OC. The lowest BCUT2D eigenvalue weighted by Crippen LogP contribution is -2.30. The van der Waals surface area contributed by atoms with Gasteiger partial charge in [0.05, 0.1) is 14.2 Å². The first-order valence-corrected chi connectivity index (χ1v) is 9.64. The average Bonchev–Trinajstić information content (AvgIpc) is 2.66. The summed E-state index contributed by atoms with van der Waals surface area (Å²) in [6.45, 7) is 6.53. The molecule has 0 fully saturated rings. The van der Waals surface area contributed by atoms with Crippen LogP contribution in [0.2, 0.25) is 5.02 Å². The summed E-state index contributed by atoms with van der Waals surface area (Å²) in [6, 6.07) is 9.51. The molecule has 2 aromatic rings. The summed E-state index contributed by atoms with van der Waals surface area (Å²) in [4.78, 5) is 12.1. The van der Waals surface area contributed by atoms with Crippen LogP contribution in [0.3, 0.4) is 0 Å². The Kier molecular flexibility index (Phi) is 8.00. The summed E-state index contributed by atoms with van der Waals surface area (Å²) in [5.74, 6) is 2.16. The van der Waals surface area contributed by atoms with Crippen molar-refractivity contribution in [3.63, 3.8) is 0 Å². The van der Waals surface area contributed by atoms with Gasteiger partial charge < -0.3 is 19.5 Å². The highest BCUT2D eigenvalue weighted by atomic mass is 35.5. The Labute approximate surface area is 171 Å². The molecule has 0 aliphatic carbocycles. The Morgan fingerprint density at radius 3 is 2.43 bits per heavy atom. The maximum atomic E-state index is 12.1. The fraction of sp³-hybridized carbons (Fsp3) is 0.409. The van der Waals surface area contributed by atoms with Crippen LogP contribution >= 0.6 is 11.6 Å². The van der Waals surface area contributed by atoms with Crippen LogP contribution in [0.25, 0.3) is 0 Å². The lowest BCUT2D eigenvalue weighted by atomic mass is 10.0. The Balaban J connectivity index is 1.86. The Morgan fingerprint density at radius 2 is 1.79 bits per heavy atom. The predicted octanol–water partition coefficient (Wildman–Crippen LogP) is 4.53. The minimum Gasteiger partial charge on any atom is -0.493 e. The van der Waals surface area contributed by atoms with E-state index >= 15 is 0 Å². The minimum atomic E-state index is -0.166. The van der Waals surface area contributed by atoms with Crippen LogP contribution in [0.1, 0.15) is 36.5 Å². The van der Waals surface area contributed by atoms with E-state index in [9.17, 15) is 4.79 Å². The molecule has 152 valence electrons. The summed E-state index contributed by atoms with van der Waals surface area (Å²) < 4.78 is 16.2. The van der Waals surface area contributed by atoms with E-state index in [0.29, 0.717) is 30.2 Å². The summed E-state index contributed by atoms with van der Waals surface area (Å²) in [5, 5.41) is 3.60. The summed E-state index contributed by atoms with van der Waals surface area (Å²) in [5.41, 5.74) is 2.97. The molecular formula is C22H28ClNO4. The number of carbonyl (C=O) groups excluding carboxylic acids is 1. The summed E-state index contributed by atoms with van der Waals surface area (Å²) in [6.07, 6.45) is 0.684. The van der Waals surface area contributed by atoms with Gasteiger partial charge in [-0.15, -0.1) is 0 Å². The molecule has 0 bridgehead atoms. The van der Waals surface area contributed by atoms with E-state index in [-0.39, 0.29) is 18.4 Å². The second-order valence-electron chi connectivity index (χ2n) is 6.87. The van der Waals surface area contributed by atoms with Gasteiger partial charge in [0.1, 0.15) is 5.75 Å². The van der Waals surface area contributed by atoms with Crippen molar-refractivity contribution in [2.24, 2.45) is 0 Å². The second-order valence-corrected chi connectivity index (χ2v) is 7.28. The van der Waals surface area contributed by atoms with Crippen molar-refractivity contribution in [3.8, 4) is 17.2 Å². The van der Waals surface area contributed by atoms with Crippen molar-refractivity contribution in [2.75, 3.05) is 27.4 Å². The number of aryl methyl sites for hydroxylation is 1. The third kappa shape index (κ3) is 5.80. The van der Waals surface area contributed by atoms with Crippen LogP contribution in [0.4, 0.5) is 0 Å². The second kappa shape index (κ2) is 10.2. The first-order valence-electron chi connectivity index (χ1n) is 9.26. The van der Waals surface area contributed by atoms with Gasteiger partial charge in [-0.3, -0.25) is 4.79 Å². The molecule has 2 rings (SSSR count). The van der Waals surface area contributed by atoms with Gasteiger partial charge in [0, 0.05) is 11.6 Å². The number of hydrogen-bond donors (Lipinski definition) is 1. The zero-order valence-corrected chi connectivity index (χ0v) is 17.9. The Bertz CT molecular complexity index is 820. The third-order valence-electron chi connectivity index (χ3n) is 4.46. The quantitative estimate of drug-likeness (QED) is 0.666. The van der Waals surface area contributed by atoms with Crippen molar-refractivity contribution in [3.05, 3.63) is 52.0 Å². The summed E-state index contributed by atoms with van der Waals surface area (Å²) in [7, 11) is 3.20. The first kappa shape index (κ1) is 21.9. The van der Waals surface area contributed by atoms with Gasteiger partial charge in [-0.25, -0.2) is 0 Å². The molecule has 0 spiro atoms. The summed E-state index contributed by atoms with van der Waals surface area (Å²) >= 11 is 6.27. The number of halogens is 1.